The first kappa shape index (κ1) is 25.5. The van der Waals surface area contributed by atoms with Crippen molar-refractivity contribution in [2.75, 3.05) is 25.5 Å². The number of hydrogen-bond acceptors (Lipinski definition) is 8. The van der Waals surface area contributed by atoms with Gasteiger partial charge in [0, 0.05) is 5.39 Å². The molecule has 2 aromatic carbocycles. The highest BCUT2D eigenvalue weighted by Crippen LogP contribution is 2.38. The highest BCUT2D eigenvalue weighted by Gasteiger charge is 2.30. The summed E-state index contributed by atoms with van der Waals surface area (Å²) in [6.45, 7) is 2.08. The molecule has 8 nitrogen and oxygen atoms in total. The molecule has 1 N–H and O–H groups in total. The Morgan fingerprint density at radius 2 is 1.89 bits per heavy atom. The topological polar surface area (TPSA) is 106 Å². The average Bonchev–Trinajstić information content (AvgIpc) is 3.46. The molecule has 1 amide bonds. The standard InChI is InChI=1S/C29H26N2O6S/c1-2-36-26(34)16-25-31(24(33)17-38-25)13-14-37-29(35)27-21-5-3-4-6-23(21)30-28-19(9-12-22(27)28)15-18-7-10-20(32)11-8-18/h3-8,10-11,15-16,32H,2,9,12-14,17H2,1H3. The Labute approximate surface area is 223 Å². The number of carbonyl (C=O) groups excluding carboxylic acids is 3. The van der Waals surface area contributed by atoms with Crippen molar-refractivity contribution in [2.45, 2.75) is 19.8 Å². The largest absolute Gasteiger partial charge is 0.508 e. The third kappa shape index (κ3) is 5.28. The Kier molecular flexibility index (Phi) is 7.46. The van der Waals surface area contributed by atoms with Gasteiger partial charge in [0.1, 0.15) is 12.4 Å². The van der Waals surface area contributed by atoms with Crippen LogP contribution in [0, 0.1) is 0 Å². The molecule has 0 bridgehead atoms. The third-order valence-electron chi connectivity index (χ3n) is 6.37. The number of fused-ring (bicyclic) bond motifs is 2. The van der Waals surface area contributed by atoms with Crippen molar-refractivity contribution in [3.63, 3.8) is 0 Å². The number of benzene rings is 2. The van der Waals surface area contributed by atoms with Crippen LogP contribution in [0.15, 0.2) is 59.6 Å². The minimum atomic E-state index is -0.512. The zero-order valence-corrected chi connectivity index (χ0v) is 21.6. The molecule has 0 saturated carbocycles. The number of aromatic hydroxyl groups is 1. The lowest BCUT2D eigenvalue weighted by atomic mass is 10.0. The predicted molar refractivity (Wildman–Crippen MR) is 145 cm³/mol. The predicted octanol–water partition coefficient (Wildman–Crippen LogP) is 4.56. The number of phenolic OH excluding ortho intramolecular Hbond substituents is 1. The van der Waals surface area contributed by atoms with Crippen LogP contribution in [0.25, 0.3) is 22.6 Å². The van der Waals surface area contributed by atoms with Crippen LogP contribution in [-0.4, -0.2) is 58.3 Å². The number of pyridine rings is 1. The molecule has 1 saturated heterocycles. The molecule has 1 fully saturated rings. The van der Waals surface area contributed by atoms with Gasteiger partial charge in [-0.25, -0.2) is 14.6 Å². The maximum absolute atomic E-state index is 13.4. The van der Waals surface area contributed by atoms with Crippen molar-refractivity contribution in [2.24, 2.45) is 0 Å². The Hall–Kier alpha value is -4.11. The lowest BCUT2D eigenvalue weighted by Gasteiger charge is -2.17. The van der Waals surface area contributed by atoms with Gasteiger partial charge in [-0.05, 0) is 60.7 Å². The molecule has 1 aliphatic heterocycles. The summed E-state index contributed by atoms with van der Waals surface area (Å²) in [4.78, 5) is 43.9. The second-order valence-corrected chi connectivity index (χ2v) is 9.79. The van der Waals surface area contributed by atoms with Crippen LogP contribution >= 0.6 is 11.8 Å². The van der Waals surface area contributed by atoms with E-state index in [1.54, 1.807) is 19.1 Å². The van der Waals surface area contributed by atoms with Crippen LogP contribution in [0.4, 0.5) is 0 Å². The normalized spacial score (nSPS) is 16.9. The molecule has 0 unspecified atom stereocenters. The Bertz CT molecular complexity index is 1480. The number of para-hydroxylation sites is 1. The van der Waals surface area contributed by atoms with Gasteiger partial charge in [-0.2, -0.15) is 0 Å². The van der Waals surface area contributed by atoms with Gasteiger partial charge in [0.2, 0.25) is 5.91 Å². The van der Waals surface area contributed by atoms with E-state index in [1.165, 1.54) is 22.7 Å². The summed E-state index contributed by atoms with van der Waals surface area (Å²) in [5, 5.41) is 10.8. The molecule has 5 rings (SSSR count). The van der Waals surface area contributed by atoms with Gasteiger partial charge in [-0.1, -0.05) is 42.1 Å². The van der Waals surface area contributed by atoms with Gasteiger partial charge in [-0.3, -0.25) is 4.79 Å². The van der Waals surface area contributed by atoms with E-state index >= 15 is 0 Å². The molecule has 38 heavy (non-hydrogen) atoms. The number of thioether (sulfide) groups is 1. The fourth-order valence-corrected chi connectivity index (χ4v) is 5.60. The molecule has 1 aliphatic carbocycles. The number of allylic oxidation sites excluding steroid dienone is 1. The number of rotatable bonds is 7. The zero-order chi connectivity index (χ0) is 26.6. The molecule has 0 spiro atoms. The number of carbonyl (C=O) groups is 3. The van der Waals surface area contributed by atoms with Crippen LogP contribution in [0.1, 0.15) is 40.5 Å². The molecule has 194 valence electrons. The highest BCUT2D eigenvalue weighted by atomic mass is 32.2. The first-order valence-corrected chi connectivity index (χ1v) is 13.3. The summed E-state index contributed by atoms with van der Waals surface area (Å²) in [7, 11) is 0. The molecule has 2 aliphatic rings. The van der Waals surface area contributed by atoms with E-state index in [2.05, 4.69) is 0 Å². The maximum Gasteiger partial charge on any atom is 0.339 e. The lowest BCUT2D eigenvalue weighted by molar-refractivity contribution is -0.137. The summed E-state index contributed by atoms with van der Waals surface area (Å²) >= 11 is 1.26. The van der Waals surface area contributed by atoms with Crippen LogP contribution in [0.3, 0.4) is 0 Å². The lowest BCUT2D eigenvalue weighted by Crippen LogP contribution is -2.29. The van der Waals surface area contributed by atoms with E-state index in [0.717, 1.165) is 34.2 Å². The summed E-state index contributed by atoms with van der Waals surface area (Å²) in [6, 6.07) is 14.4. The Morgan fingerprint density at radius 3 is 2.68 bits per heavy atom. The number of phenols is 1. The number of amides is 1. The van der Waals surface area contributed by atoms with Gasteiger partial charge in [0.05, 0.1) is 46.8 Å². The second-order valence-electron chi connectivity index (χ2n) is 8.80. The number of nitrogens with zero attached hydrogens (tertiary/aromatic N) is 2. The highest BCUT2D eigenvalue weighted by molar-refractivity contribution is 8.04. The van der Waals surface area contributed by atoms with Gasteiger partial charge in [0.15, 0.2) is 0 Å². The quantitative estimate of drug-likeness (QED) is 0.350. The Morgan fingerprint density at radius 1 is 1.11 bits per heavy atom. The van der Waals surface area contributed by atoms with E-state index in [4.69, 9.17) is 14.5 Å². The summed E-state index contributed by atoms with van der Waals surface area (Å²) < 4.78 is 10.6. The van der Waals surface area contributed by atoms with Crippen molar-refractivity contribution in [1.82, 2.24) is 9.88 Å². The molecular formula is C29H26N2O6S. The average molecular weight is 531 g/mol. The van der Waals surface area contributed by atoms with Gasteiger partial charge in [0.25, 0.3) is 0 Å². The van der Waals surface area contributed by atoms with E-state index in [1.807, 2.05) is 42.5 Å². The first-order valence-electron chi connectivity index (χ1n) is 12.3. The second kappa shape index (κ2) is 11.1. The van der Waals surface area contributed by atoms with Gasteiger partial charge >= 0.3 is 11.9 Å². The fraction of sp³-hybridized carbons (Fsp3) is 0.241. The van der Waals surface area contributed by atoms with Crippen molar-refractivity contribution >= 4 is 52.2 Å². The zero-order valence-electron chi connectivity index (χ0n) is 20.8. The van der Waals surface area contributed by atoms with Crippen molar-refractivity contribution < 1.29 is 29.0 Å². The van der Waals surface area contributed by atoms with E-state index in [9.17, 15) is 19.5 Å². The molecule has 0 radical (unpaired) electrons. The van der Waals surface area contributed by atoms with E-state index in [0.29, 0.717) is 22.5 Å². The fourth-order valence-electron chi connectivity index (χ4n) is 4.64. The number of esters is 2. The van der Waals surface area contributed by atoms with Crippen LogP contribution < -0.4 is 0 Å². The van der Waals surface area contributed by atoms with Crippen LogP contribution in [0.2, 0.25) is 0 Å². The van der Waals surface area contributed by atoms with Crippen molar-refractivity contribution in [3.05, 3.63) is 82.0 Å². The number of aromatic nitrogens is 1. The van der Waals surface area contributed by atoms with Crippen molar-refractivity contribution in [3.8, 4) is 5.75 Å². The Balaban J connectivity index is 1.39. The van der Waals surface area contributed by atoms with Gasteiger partial charge in [-0.15, -0.1) is 0 Å². The third-order valence-corrected chi connectivity index (χ3v) is 7.39. The SMILES string of the molecule is CCOC(=O)C=C1SCC(=O)N1CCOC(=O)c1c2c(nc3ccccc13)C(=Cc1ccc(O)cc1)CC2. The summed E-state index contributed by atoms with van der Waals surface area (Å²) in [6.07, 6.45) is 4.69. The summed E-state index contributed by atoms with van der Waals surface area (Å²) in [5.41, 5.74) is 4.75. The van der Waals surface area contributed by atoms with E-state index in [-0.39, 0.29) is 37.2 Å². The molecule has 9 heteroatoms. The van der Waals surface area contributed by atoms with Gasteiger partial charge < -0.3 is 19.5 Å². The molecule has 2 heterocycles. The first-order chi connectivity index (χ1) is 18.4. The summed E-state index contributed by atoms with van der Waals surface area (Å²) in [5.74, 6) is -0.716. The van der Waals surface area contributed by atoms with E-state index < -0.39 is 11.9 Å². The minimum absolute atomic E-state index is 0.0209. The number of hydrogen-bond donors (Lipinski definition) is 1. The van der Waals surface area contributed by atoms with Crippen LogP contribution in [0.5, 0.6) is 5.75 Å². The monoisotopic (exact) mass is 530 g/mol. The van der Waals surface area contributed by atoms with Crippen LogP contribution in [-0.2, 0) is 25.5 Å². The molecule has 1 aromatic heterocycles. The number of ether oxygens (including phenoxy) is 2. The molecular weight excluding hydrogens is 504 g/mol. The molecule has 3 aromatic rings. The minimum Gasteiger partial charge on any atom is -0.508 e. The van der Waals surface area contributed by atoms with Crippen molar-refractivity contribution in [1.29, 1.82) is 0 Å². The smallest absolute Gasteiger partial charge is 0.339 e. The maximum atomic E-state index is 13.4. The molecule has 0 atom stereocenters.